The summed E-state index contributed by atoms with van der Waals surface area (Å²) >= 11 is 0. The third kappa shape index (κ3) is 5.48. The molecule has 0 unspecified atom stereocenters. The van der Waals surface area contributed by atoms with E-state index in [1.54, 1.807) is 55.5 Å². The molecular formula is C36H42O17. The Labute approximate surface area is 302 Å². The molecule has 8 aliphatic rings. The van der Waals surface area contributed by atoms with Crippen LogP contribution in [0.5, 0.6) is 0 Å². The molecule has 10 rings (SSSR count). The molecule has 0 amide bonds. The van der Waals surface area contributed by atoms with E-state index in [0.717, 1.165) is 0 Å². The van der Waals surface area contributed by atoms with E-state index in [2.05, 4.69) is 0 Å². The van der Waals surface area contributed by atoms with E-state index in [1.807, 2.05) is 0 Å². The van der Waals surface area contributed by atoms with Gasteiger partial charge in [0.2, 0.25) is 0 Å². The summed E-state index contributed by atoms with van der Waals surface area (Å²) in [5.41, 5.74) is -3.39. The molecule has 8 fully saturated rings. The van der Waals surface area contributed by atoms with E-state index in [-0.39, 0.29) is 25.0 Å². The largest absolute Gasteiger partial charge is 0.461 e. The van der Waals surface area contributed by atoms with Crippen molar-refractivity contribution in [2.24, 2.45) is 11.3 Å². The Balaban J connectivity index is 1.07. The number of ether oxygens (including phenoxy) is 8. The minimum atomic E-state index is -1.87. The second-order valence-corrected chi connectivity index (χ2v) is 14.8. The lowest BCUT2D eigenvalue weighted by Gasteiger charge is -2.67. The highest BCUT2D eigenvalue weighted by molar-refractivity contribution is 5.89. The van der Waals surface area contributed by atoms with Crippen molar-refractivity contribution in [1.29, 1.82) is 0 Å². The molecule has 288 valence electrons. The van der Waals surface area contributed by atoms with Crippen LogP contribution in [0, 0.1) is 11.3 Å². The number of benzene rings is 2. The number of carbonyl (C=O) groups is 2. The van der Waals surface area contributed by atoms with Gasteiger partial charge in [-0.3, -0.25) is 0 Å². The highest BCUT2D eigenvalue weighted by Gasteiger charge is 2.94. The van der Waals surface area contributed by atoms with E-state index in [4.69, 9.17) is 37.9 Å². The summed E-state index contributed by atoms with van der Waals surface area (Å²) in [4.78, 5) is 26.1. The predicted molar refractivity (Wildman–Crippen MR) is 171 cm³/mol. The maximum atomic E-state index is 13.1. The first kappa shape index (κ1) is 36.8. The van der Waals surface area contributed by atoms with Gasteiger partial charge in [0.25, 0.3) is 0 Å². The molecule has 0 aromatic heterocycles. The van der Waals surface area contributed by atoms with Gasteiger partial charge in [0.05, 0.1) is 23.1 Å². The highest BCUT2D eigenvalue weighted by Crippen LogP contribution is 2.81. The first-order valence-electron chi connectivity index (χ1n) is 17.5. The van der Waals surface area contributed by atoms with Crippen molar-refractivity contribution in [2.45, 2.75) is 104 Å². The zero-order valence-corrected chi connectivity index (χ0v) is 28.5. The Morgan fingerprint density at radius 2 is 1.38 bits per heavy atom. The maximum Gasteiger partial charge on any atom is 0.338 e. The SMILES string of the molecule is C[C@@]12C[C@@]3(O)O[C@@H](O1)[C@]1(COC(=O)c4ccccc4)[C@H]3C[C@]12O[C@@H]1O[C@H](COC(=O)c2ccccc2)[C@@H](O[C@@H]2O[C@H](CO)[C@@H](O)[C@H](O)[C@H]2O)[C@H](O)[C@H]1O. The molecule has 17 nitrogen and oxygen atoms in total. The third-order valence-electron chi connectivity index (χ3n) is 11.9. The van der Waals surface area contributed by atoms with Gasteiger partial charge in [-0.15, -0.1) is 0 Å². The lowest BCUT2D eigenvalue weighted by molar-refractivity contribution is -0.428. The lowest BCUT2D eigenvalue weighted by atomic mass is 9.41. The van der Waals surface area contributed by atoms with Crippen LogP contribution < -0.4 is 0 Å². The van der Waals surface area contributed by atoms with Gasteiger partial charge in [0, 0.05) is 12.3 Å². The van der Waals surface area contributed by atoms with Gasteiger partial charge in [-0.05, 0) is 37.6 Å². The topological polar surface area (TPSA) is 250 Å². The summed E-state index contributed by atoms with van der Waals surface area (Å²) in [6.45, 7) is 0.0885. The minimum absolute atomic E-state index is 0.0259. The summed E-state index contributed by atoms with van der Waals surface area (Å²) < 4.78 is 47.9. The predicted octanol–water partition coefficient (Wildman–Crippen LogP) is -1.67. The van der Waals surface area contributed by atoms with Crippen LogP contribution in [-0.4, -0.2) is 152 Å². The maximum absolute atomic E-state index is 13.1. The molecule has 6 bridgehead atoms. The summed E-state index contributed by atoms with van der Waals surface area (Å²) in [7, 11) is 0. The second-order valence-electron chi connectivity index (χ2n) is 14.8. The molecule has 3 saturated carbocycles. The van der Waals surface area contributed by atoms with Crippen molar-refractivity contribution < 1.29 is 83.2 Å². The molecule has 0 spiro atoms. The van der Waals surface area contributed by atoms with Gasteiger partial charge in [0.1, 0.15) is 73.2 Å². The number of aliphatic hydroxyl groups excluding tert-OH is 6. The summed E-state index contributed by atoms with van der Waals surface area (Å²) in [5.74, 6) is -3.59. The highest BCUT2D eigenvalue weighted by atomic mass is 16.8. The lowest BCUT2D eigenvalue weighted by Crippen LogP contribution is -2.81. The average molecular weight is 747 g/mol. The molecule has 5 aliphatic heterocycles. The first-order valence-corrected chi connectivity index (χ1v) is 17.5. The first-order chi connectivity index (χ1) is 25.3. The van der Waals surface area contributed by atoms with Crippen LogP contribution in [0.3, 0.4) is 0 Å². The normalized spacial score (nSPS) is 46.5. The summed E-state index contributed by atoms with van der Waals surface area (Å²) in [5, 5.41) is 75.6. The molecular weight excluding hydrogens is 704 g/mol. The number of esters is 2. The fourth-order valence-corrected chi connectivity index (χ4v) is 9.16. The standard InChI is InChI=1S/C36H42O17/c1-33-15-35(45)21-12-36(33,34(21,32(52-33)53-35)16-47-29(44)18-10-6-3-7-11-18)51-31-26(42)24(40)27(50-30-25(41)23(39)22(38)19(13-37)48-30)20(49-31)14-46-28(43)17-8-4-2-5-9-17/h2-11,19-27,30-32,37-42,45H,12-16H2,1H3/t19-,20-,21-,22-,23+,24-,25-,26-,27-,30+,31+,32-,33+,34+,35-,36-/m1/s1. The molecule has 53 heavy (non-hydrogen) atoms. The Morgan fingerprint density at radius 1 is 0.774 bits per heavy atom. The average Bonchev–Trinajstić information content (AvgIpc) is 3.35. The number of hydrogen-bond donors (Lipinski definition) is 7. The number of carbonyl (C=O) groups excluding carboxylic acids is 2. The Hall–Kier alpha value is -3.14. The molecule has 5 heterocycles. The fourth-order valence-electron chi connectivity index (χ4n) is 9.16. The van der Waals surface area contributed by atoms with E-state index in [9.17, 15) is 45.3 Å². The van der Waals surface area contributed by atoms with Crippen LogP contribution in [0.1, 0.15) is 40.5 Å². The summed E-state index contributed by atoms with van der Waals surface area (Å²) in [6.07, 6.45) is -17.8. The van der Waals surface area contributed by atoms with Crippen molar-refractivity contribution in [1.82, 2.24) is 0 Å². The number of hydrogen-bond acceptors (Lipinski definition) is 17. The zero-order chi connectivity index (χ0) is 37.5. The van der Waals surface area contributed by atoms with Crippen LogP contribution in [-0.2, 0) is 37.9 Å². The molecule has 5 saturated heterocycles. The molecule has 17 heteroatoms. The van der Waals surface area contributed by atoms with E-state index >= 15 is 0 Å². The zero-order valence-electron chi connectivity index (χ0n) is 28.5. The minimum Gasteiger partial charge on any atom is -0.461 e. The van der Waals surface area contributed by atoms with Crippen molar-refractivity contribution in [3.63, 3.8) is 0 Å². The van der Waals surface area contributed by atoms with Gasteiger partial charge in [-0.25, -0.2) is 9.59 Å². The van der Waals surface area contributed by atoms with Crippen molar-refractivity contribution >= 4 is 11.9 Å². The van der Waals surface area contributed by atoms with Crippen molar-refractivity contribution in [2.75, 3.05) is 19.8 Å². The molecule has 0 radical (unpaired) electrons. The second kappa shape index (κ2) is 13.3. The monoisotopic (exact) mass is 746 g/mol. The molecule has 2 aromatic rings. The molecule has 16 atom stereocenters. The van der Waals surface area contributed by atoms with E-state index in [1.165, 1.54) is 12.1 Å². The smallest absolute Gasteiger partial charge is 0.338 e. The number of rotatable bonds is 11. The number of aliphatic hydroxyl groups is 7. The van der Waals surface area contributed by atoms with Crippen LogP contribution in [0.15, 0.2) is 60.7 Å². The summed E-state index contributed by atoms with van der Waals surface area (Å²) in [6, 6.07) is 16.3. The Morgan fingerprint density at radius 3 is 2.02 bits per heavy atom. The van der Waals surface area contributed by atoms with Gasteiger partial charge in [-0.2, -0.15) is 0 Å². The Kier molecular flexibility index (Phi) is 9.21. The van der Waals surface area contributed by atoms with E-state index in [0.29, 0.717) is 5.56 Å². The van der Waals surface area contributed by atoms with Crippen LogP contribution in [0.4, 0.5) is 0 Å². The van der Waals surface area contributed by atoms with Gasteiger partial charge < -0.3 is 73.6 Å². The van der Waals surface area contributed by atoms with Gasteiger partial charge >= 0.3 is 11.9 Å². The van der Waals surface area contributed by atoms with Crippen LogP contribution in [0.25, 0.3) is 0 Å². The van der Waals surface area contributed by atoms with E-state index < -0.39 is 121 Å². The van der Waals surface area contributed by atoms with Crippen LogP contribution >= 0.6 is 0 Å². The van der Waals surface area contributed by atoms with Crippen molar-refractivity contribution in [3.05, 3.63) is 71.8 Å². The molecule has 3 aliphatic carbocycles. The van der Waals surface area contributed by atoms with Gasteiger partial charge in [0.15, 0.2) is 24.7 Å². The van der Waals surface area contributed by atoms with Gasteiger partial charge in [-0.1, -0.05) is 36.4 Å². The van der Waals surface area contributed by atoms with Crippen LogP contribution in [0.2, 0.25) is 0 Å². The molecule has 2 aromatic carbocycles. The quantitative estimate of drug-likeness (QED) is 0.127. The third-order valence-corrected chi connectivity index (χ3v) is 11.9. The Bertz CT molecular complexity index is 1680. The molecule has 7 N–H and O–H groups in total. The van der Waals surface area contributed by atoms with Crippen molar-refractivity contribution in [3.8, 4) is 0 Å². The fraction of sp³-hybridized carbons (Fsp3) is 0.611.